The number of pyridine rings is 1. The second kappa shape index (κ2) is 4.53. The van der Waals surface area contributed by atoms with Crippen LogP contribution in [0.4, 0.5) is 23.4 Å². The maximum Gasteiger partial charge on any atom is 0.419 e. The minimum absolute atomic E-state index is 0.249. The molecule has 0 fully saturated rings. The van der Waals surface area contributed by atoms with Crippen LogP contribution < -0.4 is 5.73 Å². The summed E-state index contributed by atoms with van der Waals surface area (Å²) in [6, 6.07) is 4.40. The molecule has 6 heteroatoms. The summed E-state index contributed by atoms with van der Waals surface area (Å²) in [7, 11) is 0. The Bertz CT molecular complexity index is 621. The highest BCUT2D eigenvalue weighted by atomic mass is 19.4. The van der Waals surface area contributed by atoms with Crippen molar-refractivity contribution in [3.05, 3.63) is 47.4 Å². The summed E-state index contributed by atoms with van der Waals surface area (Å²) in [6.07, 6.45) is -3.35. The zero-order valence-electron chi connectivity index (χ0n) is 9.92. The van der Waals surface area contributed by atoms with Crippen LogP contribution in [0.2, 0.25) is 0 Å². The second-order valence-electron chi connectivity index (χ2n) is 4.12. The third-order valence-electron chi connectivity index (χ3n) is 2.71. The smallest absolute Gasteiger partial charge is 0.384 e. The molecule has 2 N–H and O–H groups in total. The van der Waals surface area contributed by atoms with Gasteiger partial charge in [0.2, 0.25) is 0 Å². The lowest BCUT2D eigenvalue weighted by molar-refractivity contribution is -0.139. The van der Waals surface area contributed by atoms with Crippen LogP contribution >= 0.6 is 0 Å². The highest BCUT2D eigenvalue weighted by molar-refractivity contribution is 5.68. The summed E-state index contributed by atoms with van der Waals surface area (Å²) in [5.41, 5.74) is 5.60. The van der Waals surface area contributed by atoms with Crippen LogP contribution in [0.1, 0.15) is 11.1 Å². The lowest BCUT2D eigenvalue weighted by Gasteiger charge is -2.11. The molecule has 2 aromatic rings. The minimum Gasteiger partial charge on any atom is -0.384 e. The van der Waals surface area contributed by atoms with Gasteiger partial charge in [-0.1, -0.05) is 6.07 Å². The third-order valence-corrected chi connectivity index (χ3v) is 2.71. The zero-order valence-corrected chi connectivity index (χ0v) is 9.92. The van der Waals surface area contributed by atoms with E-state index in [2.05, 4.69) is 4.98 Å². The Kier molecular flexibility index (Phi) is 3.18. The van der Waals surface area contributed by atoms with Crippen molar-refractivity contribution < 1.29 is 17.6 Å². The fourth-order valence-corrected chi connectivity index (χ4v) is 1.79. The summed E-state index contributed by atoms with van der Waals surface area (Å²) in [6.45, 7) is 1.70. The van der Waals surface area contributed by atoms with Gasteiger partial charge >= 0.3 is 6.18 Å². The highest BCUT2D eigenvalue weighted by Crippen LogP contribution is 2.34. The molecule has 100 valence electrons. The average Bonchev–Trinajstić information content (AvgIpc) is 2.29. The Morgan fingerprint density at radius 3 is 2.42 bits per heavy atom. The predicted octanol–water partition coefficient (Wildman–Crippen LogP) is 3.80. The van der Waals surface area contributed by atoms with Crippen molar-refractivity contribution in [3.8, 4) is 11.1 Å². The van der Waals surface area contributed by atoms with Crippen molar-refractivity contribution in [2.24, 2.45) is 0 Å². The maximum atomic E-state index is 13.2. The van der Waals surface area contributed by atoms with Crippen LogP contribution in [0.3, 0.4) is 0 Å². The van der Waals surface area contributed by atoms with E-state index in [4.69, 9.17) is 5.73 Å². The molecular weight excluding hydrogens is 260 g/mol. The van der Waals surface area contributed by atoms with Gasteiger partial charge in [0.05, 0.1) is 5.56 Å². The van der Waals surface area contributed by atoms with Gasteiger partial charge in [-0.25, -0.2) is 9.37 Å². The number of nitrogens with zero attached hydrogens (tertiary/aromatic N) is 1. The molecule has 0 atom stereocenters. The molecule has 0 saturated carbocycles. The first-order chi connectivity index (χ1) is 8.79. The van der Waals surface area contributed by atoms with Gasteiger partial charge in [0.1, 0.15) is 11.6 Å². The lowest BCUT2D eigenvalue weighted by atomic mass is 10.0. The number of hydrogen-bond donors (Lipinski definition) is 1. The van der Waals surface area contributed by atoms with Crippen LogP contribution in [0.5, 0.6) is 0 Å². The molecule has 1 aromatic carbocycles. The molecule has 19 heavy (non-hydrogen) atoms. The molecule has 2 rings (SSSR count). The monoisotopic (exact) mass is 270 g/mol. The van der Waals surface area contributed by atoms with Crippen molar-refractivity contribution in [1.82, 2.24) is 4.98 Å². The topological polar surface area (TPSA) is 38.9 Å². The van der Waals surface area contributed by atoms with Crippen LogP contribution in [0.15, 0.2) is 30.5 Å². The van der Waals surface area contributed by atoms with Crippen molar-refractivity contribution in [2.75, 3.05) is 5.73 Å². The van der Waals surface area contributed by atoms with E-state index in [1.165, 1.54) is 12.3 Å². The molecule has 0 radical (unpaired) electrons. The van der Waals surface area contributed by atoms with E-state index in [0.717, 1.165) is 12.1 Å². The number of aryl methyl sites for hydroxylation is 1. The summed E-state index contributed by atoms with van der Waals surface area (Å²) in [5, 5.41) is 0. The van der Waals surface area contributed by atoms with E-state index in [9.17, 15) is 17.6 Å². The summed E-state index contributed by atoms with van der Waals surface area (Å²) in [4.78, 5) is 3.83. The molecule has 0 unspecified atom stereocenters. The number of nitrogen functional groups attached to an aromatic ring is 1. The van der Waals surface area contributed by atoms with Gasteiger partial charge in [-0.2, -0.15) is 13.2 Å². The van der Waals surface area contributed by atoms with Crippen LogP contribution in [0.25, 0.3) is 11.1 Å². The Labute approximate surface area is 106 Å². The summed E-state index contributed by atoms with van der Waals surface area (Å²) >= 11 is 0. The standard InChI is InChI=1S/C13H10F4N2/c1-7-4-12(18)19-6-9(7)8-2-3-11(14)10(5-8)13(15,16)17/h2-6H,1H3,(H2,18,19). The van der Waals surface area contributed by atoms with E-state index in [0.29, 0.717) is 11.1 Å². The van der Waals surface area contributed by atoms with Gasteiger partial charge in [-0.3, -0.25) is 0 Å². The molecule has 0 spiro atoms. The first-order valence-corrected chi connectivity index (χ1v) is 5.38. The van der Waals surface area contributed by atoms with Crippen molar-refractivity contribution >= 4 is 5.82 Å². The summed E-state index contributed by atoms with van der Waals surface area (Å²) < 4.78 is 51.1. The van der Waals surface area contributed by atoms with Crippen LogP contribution in [0, 0.1) is 12.7 Å². The lowest BCUT2D eigenvalue weighted by Crippen LogP contribution is -2.08. The van der Waals surface area contributed by atoms with E-state index in [1.54, 1.807) is 13.0 Å². The Morgan fingerprint density at radius 1 is 1.16 bits per heavy atom. The second-order valence-corrected chi connectivity index (χ2v) is 4.12. The van der Waals surface area contributed by atoms with Crippen LogP contribution in [-0.2, 0) is 6.18 Å². The Morgan fingerprint density at radius 2 is 1.84 bits per heavy atom. The number of anilines is 1. The number of hydrogen-bond acceptors (Lipinski definition) is 2. The van der Waals surface area contributed by atoms with Crippen molar-refractivity contribution in [1.29, 1.82) is 0 Å². The molecule has 0 aliphatic heterocycles. The molecular formula is C13H10F4N2. The number of alkyl halides is 3. The predicted molar refractivity (Wildman–Crippen MR) is 63.8 cm³/mol. The molecule has 0 bridgehead atoms. The number of halogens is 4. The molecule has 2 nitrogen and oxygen atoms in total. The normalized spacial score (nSPS) is 11.6. The van der Waals surface area contributed by atoms with Gasteiger partial charge in [0, 0.05) is 11.8 Å². The number of aromatic nitrogens is 1. The highest BCUT2D eigenvalue weighted by Gasteiger charge is 2.34. The largest absolute Gasteiger partial charge is 0.419 e. The van der Waals surface area contributed by atoms with E-state index in [1.807, 2.05) is 0 Å². The molecule has 0 aliphatic carbocycles. The Balaban J connectivity index is 2.58. The van der Waals surface area contributed by atoms with Crippen LogP contribution in [-0.4, -0.2) is 4.98 Å². The van der Waals surface area contributed by atoms with Gasteiger partial charge in [-0.15, -0.1) is 0 Å². The van der Waals surface area contributed by atoms with Gasteiger partial charge in [-0.05, 0) is 36.2 Å². The van der Waals surface area contributed by atoms with Crippen molar-refractivity contribution in [3.63, 3.8) is 0 Å². The molecule has 1 heterocycles. The van der Waals surface area contributed by atoms with E-state index < -0.39 is 17.6 Å². The van der Waals surface area contributed by atoms with Gasteiger partial charge < -0.3 is 5.73 Å². The van der Waals surface area contributed by atoms with Gasteiger partial charge in [0.25, 0.3) is 0 Å². The van der Waals surface area contributed by atoms with E-state index in [-0.39, 0.29) is 11.4 Å². The Hall–Kier alpha value is -2.11. The summed E-state index contributed by atoms with van der Waals surface area (Å²) in [5.74, 6) is -1.02. The average molecular weight is 270 g/mol. The molecule has 1 aromatic heterocycles. The van der Waals surface area contributed by atoms with Gasteiger partial charge in [0.15, 0.2) is 0 Å². The molecule has 0 aliphatic rings. The first kappa shape index (κ1) is 13.3. The quantitative estimate of drug-likeness (QED) is 0.800. The first-order valence-electron chi connectivity index (χ1n) is 5.38. The maximum absolute atomic E-state index is 13.2. The van der Waals surface area contributed by atoms with Crippen molar-refractivity contribution in [2.45, 2.75) is 13.1 Å². The minimum atomic E-state index is -4.73. The number of nitrogens with two attached hydrogens (primary N) is 1. The van der Waals surface area contributed by atoms with E-state index >= 15 is 0 Å². The zero-order chi connectivity index (χ0) is 14.2. The molecule has 0 saturated heterocycles. The SMILES string of the molecule is Cc1cc(N)ncc1-c1ccc(F)c(C(F)(F)F)c1. The molecule has 0 amide bonds. The fourth-order valence-electron chi connectivity index (χ4n) is 1.79. The number of rotatable bonds is 1. The fraction of sp³-hybridized carbons (Fsp3) is 0.154. The number of benzene rings is 1. The third kappa shape index (κ3) is 2.67.